The molecule has 0 aliphatic carbocycles. The first-order chi connectivity index (χ1) is 9.11. The molecule has 2 N–H and O–H groups in total. The zero-order chi connectivity index (χ0) is 13.8. The summed E-state index contributed by atoms with van der Waals surface area (Å²) in [7, 11) is 1.55. The molecule has 2 aromatic rings. The van der Waals surface area contributed by atoms with E-state index in [1.165, 1.54) is 4.57 Å². The summed E-state index contributed by atoms with van der Waals surface area (Å²) in [6.07, 6.45) is 0. The maximum Gasteiger partial charge on any atom is 0.348 e. The molecule has 0 amide bonds. The van der Waals surface area contributed by atoms with Crippen LogP contribution in [0.1, 0.15) is 0 Å². The fraction of sp³-hybridized carbons (Fsp3) is 0.182. The number of ether oxygens (including phenoxy) is 1. The highest BCUT2D eigenvalue weighted by Crippen LogP contribution is 2.19. The molecule has 0 aliphatic heterocycles. The van der Waals surface area contributed by atoms with E-state index in [1.807, 2.05) is 0 Å². The lowest BCUT2D eigenvalue weighted by Gasteiger charge is -2.05. The molecule has 2 rings (SSSR count). The van der Waals surface area contributed by atoms with Gasteiger partial charge in [-0.2, -0.15) is 0 Å². The third-order valence-corrected chi connectivity index (χ3v) is 3.22. The number of hydrogen-bond donors (Lipinski definition) is 2. The quantitative estimate of drug-likeness (QED) is 0.785. The second-order valence-electron chi connectivity index (χ2n) is 3.53. The van der Waals surface area contributed by atoms with Crippen LogP contribution in [0.15, 0.2) is 34.2 Å². The third kappa shape index (κ3) is 2.97. The molecule has 0 saturated carbocycles. The van der Waals surface area contributed by atoms with Gasteiger partial charge in [0.15, 0.2) is 5.16 Å². The lowest BCUT2D eigenvalue weighted by atomic mass is 10.3. The Morgan fingerprint density at radius 1 is 1.47 bits per heavy atom. The molecule has 0 unspecified atom stereocenters. The number of carbonyl (C=O) groups is 1. The van der Waals surface area contributed by atoms with Crippen molar-refractivity contribution in [3.8, 4) is 11.4 Å². The molecule has 1 heterocycles. The summed E-state index contributed by atoms with van der Waals surface area (Å²) in [6, 6.07) is 6.81. The van der Waals surface area contributed by atoms with E-state index in [2.05, 4.69) is 10.2 Å². The van der Waals surface area contributed by atoms with Crippen molar-refractivity contribution >= 4 is 17.7 Å². The van der Waals surface area contributed by atoms with Gasteiger partial charge in [0.1, 0.15) is 5.75 Å². The molecule has 1 aromatic carbocycles. The number of benzene rings is 1. The first-order valence-corrected chi connectivity index (χ1v) is 6.27. The number of nitrogens with zero attached hydrogens (tertiary/aromatic N) is 2. The van der Waals surface area contributed by atoms with Gasteiger partial charge in [0, 0.05) is 0 Å². The van der Waals surface area contributed by atoms with E-state index in [0.717, 1.165) is 11.8 Å². The summed E-state index contributed by atoms with van der Waals surface area (Å²) >= 11 is 0.971. The number of nitrogens with one attached hydrogen (secondary N) is 1. The van der Waals surface area contributed by atoms with Crippen molar-refractivity contribution in [2.24, 2.45) is 0 Å². The standard InChI is InChI=1S/C11H11N3O4S/c1-18-8-4-2-7(3-5-8)14-10(17)12-13-11(14)19-6-9(15)16/h2-5H,6H2,1H3,(H,12,17)(H,15,16). The van der Waals surface area contributed by atoms with Crippen LogP contribution in [0.5, 0.6) is 5.75 Å². The summed E-state index contributed by atoms with van der Waals surface area (Å²) in [5.41, 5.74) is 0.172. The maximum absolute atomic E-state index is 11.7. The van der Waals surface area contributed by atoms with E-state index in [4.69, 9.17) is 9.84 Å². The van der Waals surface area contributed by atoms with E-state index in [-0.39, 0.29) is 5.75 Å². The van der Waals surface area contributed by atoms with Crippen molar-refractivity contribution in [1.82, 2.24) is 14.8 Å². The number of hydrogen-bond acceptors (Lipinski definition) is 5. The zero-order valence-electron chi connectivity index (χ0n) is 9.99. The Bertz CT molecular complexity index is 632. The van der Waals surface area contributed by atoms with Crippen LogP contribution in [0.2, 0.25) is 0 Å². The molecule has 8 heteroatoms. The van der Waals surface area contributed by atoms with Gasteiger partial charge >= 0.3 is 11.7 Å². The smallest absolute Gasteiger partial charge is 0.348 e. The Labute approximate surface area is 112 Å². The number of carboxylic acids is 1. The lowest BCUT2D eigenvalue weighted by Crippen LogP contribution is -2.15. The number of H-pyrrole nitrogens is 1. The van der Waals surface area contributed by atoms with Crippen LogP contribution in [-0.2, 0) is 4.79 Å². The summed E-state index contributed by atoms with van der Waals surface area (Å²) in [5, 5.41) is 15.1. The van der Waals surface area contributed by atoms with Gasteiger partial charge < -0.3 is 9.84 Å². The predicted molar refractivity (Wildman–Crippen MR) is 69.1 cm³/mol. The van der Waals surface area contributed by atoms with Gasteiger partial charge in [0.05, 0.1) is 18.6 Å². The lowest BCUT2D eigenvalue weighted by molar-refractivity contribution is -0.133. The van der Waals surface area contributed by atoms with E-state index in [1.54, 1.807) is 31.4 Å². The van der Waals surface area contributed by atoms with Crippen LogP contribution >= 0.6 is 11.8 Å². The number of thioether (sulfide) groups is 1. The molecule has 0 spiro atoms. The number of aromatic amines is 1. The predicted octanol–water partition coefficient (Wildman–Crippen LogP) is 0.746. The summed E-state index contributed by atoms with van der Waals surface area (Å²) in [6.45, 7) is 0. The molecule has 0 bridgehead atoms. The number of rotatable bonds is 5. The van der Waals surface area contributed by atoms with Crippen LogP contribution in [0, 0.1) is 0 Å². The van der Waals surface area contributed by atoms with Crippen molar-refractivity contribution in [2.75, 3.05) is 12.9 Å². The van der Waals surface area contributed by atoms with Crippen molar-refractivity contribution in [3.63, 3.8) is 0 Å². The Morgan fingerprint density at radius 3 is 2.74 bits per heavy atom. The molecule has 19 heavy (non-hydrogen) atoms. The second-order valence-corrected chi connectivity index (χ2v) is 4.47. The van der Waals surface area contributed by atoms with Gasteiger partial charge in [-0.25, -0.2) is 14.5 Å². The minimum absolute atomic E-state index is 0.166. The van der Waals surface area contributed by atoms with Crippen LogP contribution in [-0.4, -0.2) is 38.7 Å². The minimum Gasteiger partial charge on any atom is -0.497 e. The molecular weight excluding hydrogens is 270 g/mol. The molecule has 0 fully saturated rings. The highest BCUT2D eigenvalue weighted by atomic mass is 32.2. The Kier molecular flexibility index (Phi) is 3.91. The van der Waals surface area contributed by atoms with Gasteiger partial charge in [0.2, 0.25) is 0 Å². The number of aliphatic carboxylic acids is 1. The Morgan fingerprint density at radius 2 is 2.16 bits per heavy atom. The monoisotopic (exact) mass is 281 g/mol. The zero-order valence-corrected chi connectivity index (χ0v) is 10.8. The Balaban J connectivity index is 2.34. The minimum atomic E-state index is -0.971. The number of aromatic nitrogens is 3. The molecule has 0 radical (unpaired) electrons. The fourth-order valence-electron chi connectivity index (χ4n) is 1.46. The average molecular weight is 281 g/mol. The van der Waals surface area contributed by atoms with Gasteiger partial charge in [-0.1, -0.05) is 11.8 Å². The number of methoxy groups -OCH3 is 1. The highest BCUT2D eigenvalue weighted by Gasteiger charge is 2.12. The number of carboxylic acid groups (broad SMARTS) is 1. The van der Waals surface area contributed by atoms with Crippen molar-refractivity contribution in [3.05, 3.63) is 34.7 Å². The fourth-order valence-corrected chi connectivity index (χ4v) is 2.14. The molecular formula is C11H11N3O4S. The topological polar surface area (TPSA) is 97.2 Å². The summed E-state index contributed by atoms with van der Waals surface area (Å²) in [4.78, 5) is 22.2. The third-order valence-electron chi connectivity index (χ3n) is 2.30. The van der Waals surface area contributed by atoms with Crippen molar-refractivity contribution in [1.29, 1.82) is 0 Å². The second kappa shape index (κ2) is 5.61. The largest absolute Gasteiger partial charge is 0.497 e. The molecule has 100 valence electrons. The normalized spacial score (nSPS) is 10.4. The van der Waals surface area contributed by atoms with E-state index in [9.17, 15) is 9.59 Å². The molecule has 0 saturated heterocycles. The Hall–Kier alpha value is -2.22. The average Bonchev–Trinajstić information content (AvgIpc) is 2.78. The summed E-state index contributed by atoms with van der Waals surface area (Å²) in [5.74, 6) is -0.470. The maximum atomic E-state index is 11.7. The van der Waals surface area contributed by atoms with Crippen LogP contribution in [0.25, 0.3) is 5.69 Å². The van der Waals surface area contributed by atoms with Crippen LogP contribution < -0.4 is 10.4 Å². The van der Waals surface area contributed by atoms with E-state index >= 15 is 0 Å². The van der Waals surface area contributed by atoms with E-state index < -0.39 is 11.7 Å². The van der Waals surface area contributed by atoms with Crippen LogP contribution in [0.3, 0.4) is 0 Å². The summed E-state index contributed by atoms with van der Waals surface area (Å²) < 4.78 is 6.34. The molecule has 0 aliphatic rings. The van der Waals surface area contributed by atoms with Crippen LogP contribution in [0.4, 0.5) is 0 Å². The van der Waals surface area contributed by atoms with E-state index in [0.29, 0.717) is 16.6 Å². The van der Waals surface area contributed by atoms with Gasteiger partial charge in [-0.3, -0.25) is 4.79 Å². The first-order valence-electron chi connectivity index (χ1n) is 5.28. The van der Waals surface area contributed by atoms with Gasteiger partial charge in [-0.05, 0) is 24.3 Å². The molecule has 0 atom stereocenters. The molecule has 1 aromatic heterocycles. The molecule has 7 nitrogen and oxygen atoms in total. The van der Waals surface area contributed by atoms with Gasteiger partial charge in [0.25, 0.3) is 0 Å². The van der Waals surface area contributed by atoms with Crippen molar-refractivity contribution in [2.45, 2.75) is 5.16 Å². The first kappa shape index (κ1) is 13.2. The SMILES string of the molecule is COc1ccc(-n2c(SCC(=O)O)n[nH]c2=O)cc1. The highest BCUT2D eigenvalue weighted by molar-refractivity contribution is 7.99. The van der Waals surface area contributed by atoms with Gasteiger partial charge in [-0.15, -0.1) is 5.10 Å². The van der Waals surface area contributed by atoms with Crippen molar-refractivity contribution < 1.29 is 14.6 Å².